The second-order valence-corrected chi connectivity index (χ2v) is 4.35. The van der Waals surface area contributed by atoms with Crippen LogP contribution in [0.5, 0.6) is 0 Å². The highest BCUT2D eigenvalue weighted by Crippen LogP contribution is 2.36. The summed E-state index contributed by atoms with van der Waals surface area (Å²) >= 11 is 5.72. The quantitative estimate of drug-likeness (QED) is 0.710. The average Bonchev–Trinajstić information content (AvgIpc) is 2.37. The van der Waals surface area contributed by atoms with Crippen LogP contribution >= 0.6 is 11.6 Å². The van der Waals surface area contributed by atoms with Crippen molar-refractivity contribution in [3.63, 3.8) is 0 Å². The minimum atomic E-state index is -4.66. The van der Waals surface area contributed by atoms with Crippen LogP contribution in [0, 0.1) is 0 Å². The number of alkyl halides is 3. The lowest BCUT2D eigenvalue weighted by Gasteiger charge is -2.32. The van der Waals surface area contributed by atoms with E-state index in [-0.39, 0.29) is 13.2 Å². The van der Waals surface area contributed by atoms with Crippen LogP contribution in [0.1, 0.15) is 19.4 Å². The van der Waals surface area contributed by atoms with Gasteiger partial charge in [-0.2, -0.15) is 13.2 Å². The van der Waals surface area contributed by atoms with Gasteiger partial charge in [-0.3, -0.25) is 0 Å². The molecule has 0 aromatic heterocycles. The average molecular weight is 309 g/mol. The molecule has 0 bridgehead atoms. The Balaban J connectivity index is 3.07. The van der Waals surface area contributed by atoms with Gasteiger partial charge in [0.25, 0.3) is 5.79 Å². The van der Waals surface area contributed by atoms with Gasteiger partial charge in [0.2, 0.25) is 0 Å². The summed E-state index contributed by atoms with van der Waals surface area (Å²) < 4.78 is 49.2. The summed E-state index contributed by atoms with van der Waals surface area (Å²) in [5, 5.41) is 0.513. The molecule has 0 heterocycles. The second-order valence-electron chi connectivity index (χ2n) is 3.92. The molecule has 6 heteroatoms. The highest BCUT2D eigenvalue weighted by Gasteiger charge is 2.55. The summed E-state index contributed by atoms with van der Waals surface area (Å²) in [6.07, 6.45) is -2.49. The Hall–Kier alpha value is -1.04. The van der Waals surface area contributed by atoms with Crippen LogP contribution in [0.4, 0.5) is 13.2 Å². The lowest BCUT2D eigenvalue weighted by molar-refractivity contribution is -0.354. The zero-order chi connectivity index (χ0) is 15.2. The number of benzene rings is 1. The molecule has 0 fully saturated rings. The van der Waals surface area contributed by atoms with Crippen molar-refractivity contribution in [3.8, 4) is 0 Å². The van der Waals surface area contributed by atoms with Crippen LogP contribution in [-0.2, 0) is 9.47 Å². The van der Waals surface area contributed by atoms with Gasteiger partial charge in [-0.05, 0) is 37.6 Å². The van der Waals surface area contributed by atoms with Crippen molar-refractivity contribution in [3.05, 3.63) is 40.9 Å². The van der Waals surface area contributed by atoms with Crippen molar-refractivity contribution >= 4 is 17.7 Å². The highest BCUT2D eigenvalue weighted by atomic mass is 35.5. The Morgan fingerprint density at radius 2 is 1.55 bits per heavy atom. The van der Waals surface area contributed by atoms with Crippen LogP contribution in [0.25, 0.3) is 6.08 Å². The molecule has 0 saturated heterocycles. The first-order valence-corrected chi connectivity index (χ1v) is 6.52. The van der Waals surface area contributed by atoms with Gasteiger partial charge in [0.15, 0.2) is 0 Å². The van der Waals surface area contributed by atoms with Crippen molar-refractivity contribution in [2.75, 3.05) is 13.2 Å². The van der Waals surface area contributed by atoms with Crippen molar-refractivity contribution in [1.29, 1.82) is 0 Å². The Morgan fingerprint density at radius 1 is 1.05 bits per heavy atom. The molecule has 0 radical (unpaired) electrons. The predicted molar refractivity (Wildman–Crippen MR) is 72.5 cm³/mol. The molecule has 1 aromatic rings. The van der Waals surface area contributed by atoms with Crippen LogP contribution in [0.15, 0.2) is 30.3 Å². The van der Waals surface area contributed by atoms with Crippen LogP contribution in [0.3, 0.4) is 0 Å². The highest BCUT2D eigenvalue weighted by molar-refractivity contribution is 6.30. The van der Waals surface area contributed by atoms with E-state index in [0.717, 1.165) is 6.08 Å². The summed E-state index contributed by atoms with van der Waals surface area (Å²) in [5.74, 6) is -2.73. The van der Waals surface area contributed by atoms with E-state index in [9.17, 15) is 13.2 Å². The molecule has 0 spiro atoms. The number of hydrogen-bond donors (Lipinski definition) is 0. The molecule has 0 N–H and O–H groups in total. The van der Waals surface area contributed by atoms with Crippen LogP contribution in [-0.4, -0.2) is 25.2 Å². The van der Waals surface area contributed by atoms with Gasteiger partial charge in [0.05, 0.1) is 0 Å². The molecule has 0 unspecified atom stereocenters. The molecular formula is C14H16ClF3O2. The first kappa shape index (κ1) is 17.0. The summed E-state index contributed by atoms with van der Waals surface area (Å²) in [6.45, 7) is 2.72. The fraction of sp³-hybridized carbons (Fsp3) is 0.429. The van der Waals surface area contributed by atoms with Crippen molar-refractivity contribution in [2.24, 2.45) is 0 Å². The lowest BCUT2D eigenvalue weighted by atomic mass is 10.1. The fourth-order valence-electron chi connectivity index (χ4n) is 1.60. The smallest absolute Gasteiger partial charge is 0.340 e. The molecule has 2 nitrogen and oxygen atoms in total. The third kappa shape index (κ3) is 4.23. The van der Waals surface area contributed by atoms with Crippen molar-refractivity contribution in [1.82, 2.24) is 0 Å². The number of rotatable bonds is 6. The molecular weight excluding hydrogens is 293 g/mol. The van der Waals surface area contributed by atoms with E-state index in [1.54, 1.807) is 24.3 Å². The molecule has 1 aromatic carbocycles. The number of halogens is 4. The van der Waals surface area contributed by atoms with Gasteiger partial charge in [-0.15, -0.1) is 0 Å². The standard InChI is InChI=1S/C14H16ClF3O2/c1-3-19-13(20-4-2,14(16,17)18)10-9-11-5-7-12(15)8-6-11/h5-10H,3-4H2,1-2H3/b10-9-. The normalized spacial score (nSPS) is 13.1. The summed E-state index contributed by atoms with van der Waals surface area (Å²) in [6, 6.07) is 6.41. The van der Waals surface area contributed by atoms with Crippen LogP contribution < -0.4 is 0 Å². The van der Waals surface area contributed by atoms with Crippen molar-refractivity contribution < 1.29 is 22.6 Å². The molecule has 1 rings (SSSR count). The molecule has 0 saturated carbocycles. The Labute approximate surface area is 121 Å². The molecule has 112 valence electrons. The first-order valence-electron chi connectivity index (χ1n) is 6.14. The van der Waals surface area contributed by atoms with Gasteiger partial charge < -0.3 is 9.47 Å². The summed E-state index contributed by atoms with van der Waals surface area (Å²) in [5.41, 5.74) is 0.572. The molecule has 0 aliphatic heterocycles. The zero-order valence-corrected chi connectivity index (χ0v) is 12.0. The molecule has 0 aliphatic carbocycles. The number of ether oxygens (including phenoxy) is 2. The van der Waals surface area contributed by atoms with E-state index in [4.69, 9.17) is 21.1 Å². The van der Waals surface area contributed by atoms with E-state index in [0.29, 0.717) is 10.6 Å². The summed E-state index contributed by atoms with van der Waals surface area (Å²) in [4.78, 5) is 0. The van der Waals surface area contributed by atoms with Gasteiger partial charge in [-0.1, -0.05) is 29.8 Å². The zero-order valence-electron chi connectivity index (χ0n) is 11.2. The Bertz CT molecular complexity index is 435. The largest absolute Gasteiger partial charge is 0.447 e. The molecule has 20 heavy (non-hydrogen) atoms. The molecule has 0 atom stereocenters. The Morgan fingerprint density at radius 3 is 1.95 bits per heavy atom. The minimum Gasteiger partial charge on any atom is -0.340 e. The summed E-state index contributed by atoms with van der Waals surface area (Å²) in [7, 11) is 0. The van der Waals surface area contributed by atoms with E-state index >= 15 is 0 Å². The van der Waals surface area contributed by atoms with E-state index < -0.39 is 12.0 Å². The molecule has 0 amide bonds. The number of hydrogen-bond acceptors (Lipinski definition) is 2. The minimum absolute atomic E-state index is 0.121. The second kappa shape index (κ2) is 7.11. The third-order valence-electron chi connectivity index (χ3n) is 2.48. The maximum atomic E-state index is 13.2. The monoisotopic (exact) mass is 308 g/mol. The van der Waals surface area contributed by atoms with E-state index in [2.05, 4.69) is 0 Å². The van der Waals surface area contributed by atoms with Crippen molar-refractivity contribution in [2.45, 2.75) is 25.8 Å². The fourth-order valence-corrected chi connectivity index (χ4v) is 1.73. The predicted octanol–water partition coefficient (Wildman–Crippen LogP) is 4.68. The van der Waals surface area contributed by atoms with Gasteiger partial charge in [0, 0.05) is 18.2 Å². The maximum absolute atomic E-state index is 13.2. The van der Waals surface area contributed by atoms with Gasteiger partial charge >= 0.3 is 6.18 Å². The molecule has 0 aliphatic rings. The Kier molecular flexibility index (Phi) is 6.05. The SMILES string of the molecule is CCOC(/C=C\c1ccc(Cl)cc1)(OCC)C(F)(F)F. The third-order valence-corrected chi connectivity index (χ3v) is 2.73. The maximum Gasteiger partial charge on any atom is 0.447 e. The first-order chi connectivity index (χ1) is 9.34. The topological polar surface area (TPSA) is 18.5 Å². The van der Waals surface area contributed by atoms with Gasteiger partial charge in [0.1, 0.15) is 0 Å². The van der Waals surface area contributed by atoms with Crippen LogP contribution in [0.2, 0.25) is 5.02 Å². The van der Waals surface area contributed by atoms with E-state index in [1.165, 1.54) is 19.9 Å². The lowest BCUT2D eigenvalue weighted by Crippen LogP contribution is -2.48. The van der Waals surface area contributed by atoms with E-state index in [1.807, 2.05) is 0 Å². The van der Waals surface area contributed by atoms with Gasteiger partial charge in [-0.25, -0.2) is 0 Å².